The summed E-state index contributed by atoms with van der Waals surface area (Å²) in [5, 5.41) is 16.2. The normalized spacial score (nSPS) is 15.7. The minimum atomic E-state index is -3.12. The number of hydrogen-bond acceptors (Lipinski definition) is 9. The van der Waals surface area contributed by atoms with Crippen LogP contribution in [0.15, 0.2) is 58.8 Å². The fraction of sp³-hybridized carbons (Fsp3) is 0.269. The van der Waals surface area contributed by atoms with Crippen LogP contribution < -0.4 is 20.1 Å². The van der Waals surface area contributed by atoms with Crippen molar-refractivity contribution < 1.29 is 32.6 Å². The summed E-state index contributed by atoms with van der Waals surface area (Å²) in [6.07, 6.45) is -1.35. The maximum atomic E-state index is 13.5. The summed E-state index contributed by atoms with van der Waals surface area (Å²) in [7, 11) is 1.54. The van der Waals surface area contributed by atoms with E-state index in [1.807, 2.05) is 12.1 Å². The minimum absolute atomic E-state index is 0.104. The van der Waals surface area contributed by atoms with Crippen LogP contribution in [0.5, 0.6) is 11.5 Å². The van der Waals surface area contributed by atoms with Crippen molar-refractivity contribution in [2.45, 2.75) is 29.0 Å². The Bertz CT molecular complexity index is 1410. The highest BCUT2D eigenvalue weighted by molar-refractivity contribution is 7.98. The fourth-order valence-corrected chi connectivity index (χ4v) is 5.39. The zero-order valence-electron chi connectivity index (χ0n) is 21.1. The average molecular weight is 588 g/mol. The Morgan fingerprint density at radius 3 is 2.55 bits per heavy atom. The van der Waals surface area contributed by atoms with Crippen molar-refractivity contribution in [2.75, 3.05) is 25.5 Å². The number of nitrogens with zero attached hydrogens (tertiary/aromatic N) is 3. The molecule has 2 N–H and O–H groups in total. The molecule has 40 heavy (non-hydrogen) atoms. The number of carbonyl (C=O) groups excluding carboxylic acids is 3. The number of ether oxygens (including phenoxy) is 2. The van der Waals surface area contributed by atoms with E-state index >= 15 is 0 Å². The van der Waals surface area contributed by atoms with Gasteiger partial charge in [0.15, 0.2) is 0 Å². The maximum Gasteiger partial charge on any atom is 0.417 e. The number of alkyl halides is 2. The van der Waals surface area contributed by atoms with Crippen LogP contribution in [-0.2, 0) is 10.5 Å². The van der Waals surface area contributed by atoms with Crippen LogP contribution in [-0.4, -0.2) is 60.0 Å². The standard InChI is InChI=1S/C26H23F2N5O5S2/c1-37-18-4-6-19(7-5-18)38-25(36)31-16-2-8-20(9-3-16)39-14-22-32-21(13-40-22)24(35)30-12-23(34)33-15-26(27,28)10-17(33)11-29/h2-9,13,17H,10,12,14-15H2,1H3,(H,30,35)(H,31,36)/t17-/m0/s1. The molecule has 0 aliphatic carbocycles. The molecule has 3 amide bonds. The monoisotopic (exact) mass is 587 g/mol. The number of thioether (sulfide) groups is 1. The predicted octanol–water partition coefficient (Wildman–Crippen LogP) is 4.54. The molecule has 4 rings (SSSR count). The number of aromatic nitrogens is 1. The Hall–Kier alpha value is -4.22. The van der Waals surface area contributed by atoms with Gasteiger partial charge in [-0.2, -0.15) is 5.26 Å². The van der Waals surface area contributed by atoms with Gasteiger partial charge in [-0.05, 0) is 48.5 Å². The molecular weight excluding hydrogens is 564 g/mol. The Labute approximate surface area is 236 Å². The third-order valence-electron chi connectivity index (χ3n) is 5.66. The first-order valence-corrected chi connectivity index (χ1v) is 13.7. The van der Waals surface area contributed by atoms with Gasteiger partial charge in [-0.25, -0.2) is 18.6 Å². The summed E-state index contributed by atoms with van der Waals surface area (Å²) in [6, 6.07) is 14.2. The van der Waals surface area contributed by atoms with Gasteiger partial charge in [-0.3, -0.25) is 14.9 Å². The molecule has 3 aromatic rings. The van der Waals surface area contributed by atoms with Crippen molar-refractivity contribution in [1.82, 2.24) is 15.2 Å². The molecule has 0 bridgehead atoms. The Morgan fingerprint density at radius 2 is 1.88 bits per heavy atom. The number of benzene rings is 2. The van der Waals surface area contributed by atoms with Gasteiger partial charge in [-0.15, -0.1) is 23.1 Å². The van der Waals surface area contributed by atoms with Crippen LogP contribution in [0.1, 0.15) is 21.9 Å². The van der Waals surface area contributed by atoms with Crippen LogP contribution in [0.25, 0.3) is 0 Å². The highest BCUT2D eigenvalue weighted by Gasteiger charge is 2.47. The lowest BCUT2D eigenvalue weighted by Gasteiger charge is -2.19. The number of anilines is 1. The van der Waals surface area contributed by atoms with Crippen molar-refractivity contribution in [3.63, 3.8) is 0 Å². The topological polar surface area (TPSA) is 134 Å². The molecular formula is C26H23F2N5O5S2. The van der Waals surface area contributed by atoms with E-state index in [0.717, 1.165) is 9.80 Å². The summed E-state index contributed by atoms with van der Waals surface area (Å²) in [5.74, 6) is -3.00. The zero-order chi connectivity index (χ0) is 28.7. The Morgan fingerprint density at radius 1 is 1.18 bits per heavy atom. The van der Waals surface area contributed by atoms with Crippen molar-refractivity contribution in [3.8, 4) is 17.6 Å². The second-order valence-corrected chi connectivity index (χ2v) is 10.5. The lowest BCUT2D eigenvalue weighted by atomic mass is 10.2. The molecule has 2 heterocycles. The highest BCUT2D eigenvalue weighted by atomic mass is 32.2. The van der Waals surface area contributed by atoms with Crippen LogP contribution in [0.3, 0.4) is 0 Å². The van der Waals surface area contributed by atoms with Crippen molar-refractivity contribution in [1.29, 1.82) is 5.26 Å². The summed E-state index contributed by atoms with van der Waals surface area (Å²) in [6.45, 7) is -1.36. The number of amides is 3. The second kappa shape index (κ2) is 12.8. The predicted molar refractivity (Wildman–Crippen MR) is 144 cm³/mol. The van der Waals surface area contributed by atoms with Crippen molar-refractivity contribution in [2.24, 2.45) is 0 Å². The van der Waals surface area contributed by atoms with Gasteiger partial charge in [0.05, 0.1) is 32.0 Å². The van der Waals surface area contributed by atoms with Crippen LogP contribution >= 0.6 is 23.1 Å². The number of rotatable bonds is 9. The number of carbonyl (C=O) groups is 3. The summed E-state index contributed by atoms with van der Waals surface area (Å²) in [5.41, 5.74) is 0.649. The number of halogens is 2. The number of nitrogens with one attached hydrogen (secondary N) is 2. The first kappa shape index (κ1) is 28.8. The molecule has 14 heteroatoms. The van der Waals surface area contributed by atoms with E-state index in [4.69, 9.17) is 14.7 Å². The third-order valence-corrected chi connectivity index (χ3v) is 7.71. The van der Waals surface area contributed by atoms with Gasteiger partial charge in [0.25, 0.3) is 11.8 Å². The van der Waals surface area contributed by atoms with Gasteiger partial charge in [-0.1, -0.05) is 0 Å². The molecule has 0 saturated carbocycles. The average Bonchev–Trinajstić information content (AvgIpc) is 3.55. The fourth-order valence-electron chi connectivity index (χ4n) is 3.70. The van der Waals surface area contributed by atoms with Crippen LogP contribution in [0.4, 0.5) is 19.3 Å². The molecule has 1 atom stereocenters. The number of nitriles is 1. The number of methoxy groups -OCH3 is 1. The van der Waals surface area contributed by atoms with E-state index in [0.29, 0.717) is 27.9 Å². The van der Waals surface area contributed by atoms with Gasteiger partial charge >= 0.3 is 6.09 Å². The third kappa shape index (κ3) is 7.67. The second-order valence-electron chi connectivity index (χ2n) is 8.54. The smallest absolute Gasteiger partial charge is 0.417 e. The number of hydrogen-bond donors (Lipinski definition) is 2. The molecule has 0 unspecified atom stereocenters. The van der Waals surface area contributed by atoms with E-state index in [1.54, 1.807) is 55.0 Å². The first-order valence-electron chi connectivity index (χ1n) is 11.8. The van der Waals surface area contributed by atoms with Gasteiger partial charge in [0.1, 0.15) is 28.2 Å². The summed E-state index contributed by atoms with van der Waals surface area (Å²) >= 11 is 2.73. The summed E-state index contributed by atoms with van der Waals surface area (Å²) in [4.78, 5) is 42.7. The molecule has 1 aromatic heterocycles. The summed E-state index contributed by atoms with van der Waals surface area (Å²) < 4.78 is 37.4. The van der Waals surface area contributed by atoms with Crippen LogP contribution in [0, 0.1) is 11.3 Å². The van der Waals surface area contributed by atoms with Gasteiger partial charge in [0, 0.05) is 22.4 Å². The maximum absolute atomic E-state index is 13.5. The minimum Gasteiger partial charge on any atom is -0.497 e. The van der Waals surface area contributed by atoms with Gasteiger partial charge < -0.3 is 19.7 Å². The van der Waals surface area contributed by atoms with Gasteiger partial charge in [0.2, 0.25) is 5.91 Å². The van der Waals surface area contributed by atoms with E-state index < -0.39 is 49.4 Å². The number of likely N-dealkylation sites (tertiary alicyclic amines) is 1. The van der Waals surface area contributed by atoms with Crippen LogP contribution in [0.2, 0.25) is 0 Å². The highest BCUT2D eigenvalue weighted by Crippen LogP contribution is 2.31. The van der Waals surface area contributed by atoms with Crippen molar-refractivity contribution in [3.05, 3.63) is 64.6 Å². The molecule has 1 aliphatic rings. The van der Waals surface area contributed by atoms with Crippen molar-refractivity contribution >= 4 is 46.7 Å². The van der Waals surface area contributed by atoms with E-state index in [-0.39, 0.29) is 5.69 Å². The van der Waals surface area contributed by atoms with E-state index in [9.17, 15) is 23.2 Å². The number of thiazole rings is 1. The Kier molecular flexibility index (Phi) is 9.18. The largest absolute Gasteiger partial charge is 0.497 e. The zero-order valence-corrected chi connectivity index (χ0v) is 22.7. The Balaban J connectivity index is 1.21. The van der Waals surface area contributed by atoms with E-state index in [2.05, 4.69) is 15.6 Å². The molecule has 1 saturated heterocycles. The quantitative estimate of drug-likeness (QED) is 0.349. The lowest BCUT2D eigenvalue weighted by molar-refractivity contribution is -0.131. The molecule has 0 radical (unpaired) electrons. The molecule has 1 aliphatic heterocycles. The first-order chi connectivity index (χ1) is 19.2. The lowest BCUT2D eigenvalue weighted by Crippen LogP contribution is -2.43. The molecule has 1 fully saturated rings. The molecule has 2 aromatic carbocycles. The van der Waals surface area contributed by atoms with E-state index in [1.165, 1.54) is 23.1 Å². The SMILES string of the molecule is COc1ccc(OC(=O)Nc2ccc(SCc3nc(C(=O)NCC(=O)N4CC(F)(F)C[C@H]4C#N)cs3)cc2)cc1. The molecule has 0 spiro atoms. The molecule has 10 nitrogen and oxygen atoms in total. The molecule has 208 valence electrons.